The van der Waals surface area contributed by atoms with E-state index in [1.165, 1.54) is 7.11 Å². The van der Waals surface area contributed by atoms with Crippen LogP contribution in [-0.2, 0) is 23.5 Å². The number of methoxy groups -OCH3 is 1. The Balaban J connectivity index is 2.93. The molecule has 1 aliphatic rings. The maximum Gasteiger partial charge on any atom is 0.342 e. The van der Waals surface area contributed by atoms with E-state index in [2.05, 4.69) is 6.58 Å². The SMILES string of the molecule is C=C(OC)/C(C/C=C(\C)COCP(O)OC(C)C)=C(/O)C1=C(C(C)C)COC1=O. The van der Waals surface area contributed by atoms with Crippen LogP contribution >= 0.6 is 8.38 Å². The van der Waals surface area contributed by atoms with Gasteiger partial charge in [-0.2, -0.15) is 0 Å². The van der Waals surface area contributed by atoms with Crippen LogP contribution in [0.15, 0.2) is 46.5 Å². The molecule has 0 spiro atoms. The summed E-state index contributed by atoms with van der Waals surface area (Å²) in [5.74, 6) is -0.384. The number of allylic oxidation sites excluding steroid dienone is 2. The molecule has 0 aromatic heterocycles. The van der Waals surface area contributed by atoms with Crippen LogP contribution in [-0.4, -0.2) is 48.7 Å². The molecule has 164 valence electrons. The number of ether oxygens (including phenoxy) is 3. The van der Waals surface area contributed by atoms with Crippen LogP contribution in [0.4, 0.5) is 0 Å². The highest BCUT2D eigenvalue weighted by atomic mass is 31.2. The van der Waals surface area contributed by atoms with Gasteiger partial charge in [0.2, 0.25) is 0 Å². The van der Waals surface area contributed by atoms with Crippen molar-refractivity contribution in [2.45, 2.75) is 47.1 Å². The monoisotopic (exact) mass is 428 g/mol. The lowest BCUT2D eigenvalue weighted by atomic mass is 9.95. The third kappa shape index (κ3) is 7.94. The van der Waals surface area contributed by atoms with E-state index >= 15 is 0 Å². The summed E-state index contributed by atoms with van der Waals surface area (Å²) in [5, 5.41) is 10.8. The van der Waals surface area contributed by atoms with Gasteiger partial charge < -0.3 is 28.7 Å². The van der Waals surface area contributed by atoms with Crippen LogP contribution in [0.1, 0.15) is 41.0 Å². The van der Waals surface area contributed by atoms with Crippen LogP contribution in [0.2, 0.25) is 0 Å². The fourth-order valence-corrected chi connectivity index (χ4v) is 3.43. The summed E-state index contributed by atoms with van der Waals surface area (Å²) in [6.07, 6.45) is 2.21. The largest absolute Gasteiger partial charge is 0.507 e. The van der Waals surface area contributed by atoms with Crippen LogP contribution in [0.5, 0.6) is 0 Å². The molecule has 29 heavy (non-hydrogen) atoms. The van der Waals surface area contributed by atoms with E-state index < -0.39 is 14.3 Å². The zero-order valence-corrected chi connectivity index (χ0v) is 19.0. The average Bonchev–Trinajstić information content (AvgIpc) is 3.02. The summed E-state index contributed by atoms with van der Waals surface area (Å²) in [5.41, 5.74) is 2.23. The molecule has 1 heterocycles. The first-order valence-electron chi connectivity index (χ1n) is 9.50. The number of carbonyl (C=O) groups is 1. The second-order valence-corrected chi connectivity index (χ2v) is 8.50. The highest BCUT2D eigenvalue weighted by Gasteiger charge is 2.31. The van der Waals surface area contributed by atoms with Crippen molar-refractivity contribution in [2.75, 3.05) is 26.7 Å². The highest BCUT2D eigenvalue weighted by Crippen LogP contribution is 2.33. The van der Waals surface area contributed by atoms with E-state index in [1.807, 2.05) is 40.7 Å². The summed E-state index contributed by atoms with van der Waals surface area (Å²) in [7, 11) is -0.152. The van der Waals surface area contributed by atoms with Crippen LogP contribution in [0.3, 0.4) is 0 Å². The van der Waals surface area contributed by atoms with Crippen LogP contribution in [0, 0.1) is 5.92 Å². The van der Waals surface area contributed by atoms with E-state index in [0.717, 1.165) is 11.1 Å². The molecule has 8 heteroatoms. The first kappa shape index (κ1) is 25.4. The standard InChI is InChI=1S/C21H33O7P/c1-13(2)18-11-27-21(23)19(18)20(22)17(16(6)25-7)9-8-15(5)10-26-12-29(24)28-14(3)4/h8,13-14,22,24H,6,9-12H2,1-5,7H3/b15-8+,20-17+. The Morgan fingerprint density at radius 1 is 1.34 bits per heavy atom. The Labute approximate surface area is 174 Å². The lowest BCUT2D eigenvalue weighted by Crippen LogP contribution is -2.08. The van der Waals surface area contributed by atoms with Gasteiger partial charge in [-0.1, -0.05) is 32.1 Å². The molecule has 0 fully saturated rings. The second kappa shape index (κ2) is 12.1. The molecular formula is C21H33O7P. The number of hydrogen-bond acceptors (Lipinski definition) is 7. The van der Waals surface area contributed by atoms with Gasteiger partial charge in [0.05, 0.1) is 19.8 Å². The van der Waals surface area contributed by atoms with Gasteiger partial charge in [-0.05, 0) is 38.7 Å². The van der Waals surface area contributed by atoms with Crippen molar-refractivity contribution in [3.63, 3.8) is 0 Å². The molecule has 0 aliphatic carbocycles. The normalized spacial score (nSPS) is 17.0. The Morgan fingerprint density at radius 3 is 2.55 bits per heavy atom. The molecule has 0 amide bonds. The molecule has 2 N–H and O–H groups in total. The maximum atomic E-state index is 12.2. The van der Waals surface area contributed by atoms with E-state index in [1.54, 1.807) is 0 Å². The zero-order chi connectivity index (χ0) is 22.1. The average molecular weight is 428 g/mol. The van der Waals surface area contributed by atoms with Crippen molar-refractivity contribution in [1.82, 2.24) is 0 Å². The number of cyclic esters (lactones) is 1. The molecule has 0 bridgehead atoms. The van der Waals surface area contributed by atoms with Crippen LogP contribution < -0.4 is 0 Å². The van der Waals surface area contributed by atoms with Crippen molar-refractivity contribution in [1.29, 1.82) is 0 Å². The number of carbonyl (C=O) groups excluding carboxylic acids is 1. The minimum absolute atomic E-state index is 0.0581. The van der Waals surface area contributed by atoms with Gasteiger partial charge in [-0.3, -0.25) is 0 Å². The number of aliphatic hydroxyl groups is 1. The molecule has 1 rings (SSSR count). The lowest BCUT2D eigenvalue weighted by Gasteiger charge is -2.15. The first-order valence-corrected chi connectivity index (χ1v) is 10.9. The van der Waals surface area contributed by atoms with Gasteiger partial charge in [-0.15, -0.1) is 0 Å². The molecule has 1 atom stereocenters. The van der Waals surface area contributed by atoms with E-state index in [4.69, 9.17) is 18.7 Å². The molecule has 0 radical (unpaired) electrons. The topological polar surface area (TPSA) is 94.5 Å². The van der Waals surface area contributed by atoms with Gasteiger partial charge in [0.1, 0.15) is 30.0 Å². The Hall–Kier alpha value is -1.66. The molecule has 0 saturated heterocycles. The Bertz CT molecular complexity index is 689. The minimum Gasteiger partial charge on any atom is -0.507 e. The summed E-state index contributed by atoms with van der Waals surface area (Å²) in [6.45, 7) is 13.8. The van der Waals surface area contributed by atoms with Gasteiger partial charge >= 0.3 is 5.97 Å². The second-order valence-electron chi connectivity index (χ2n) is 7.32. The van der Waals surface area contributed by atoms with Crippen molar-refractivity contribution >= 4 is 14.3 Å². The summed E-state index contributed by atoms with van der Waals surface area (Å²) >= 11 is 0. The molecule has 1 unspecified atom stereocenters. The third-order valence-corrected chi connectivity index (χ3v) is 5.27. The van der Waals surface area contributed by atoms with Gasteiger partial charge in [0.25, 0.3) is 0 Å². The predicted octanol–water partition coefficient (Wildman–Crippen LogP) is 4.51. The number of aliphatic hydroxyl groups excluding tert-OH is 1. The number of rotatable bonds is 12. The zero-order valence-electron chi connectivity index (χ0n) is 18.2. The third-order valence-electron chi connectivity index (χ3n) is 4.21. The molecule has 1 aliphatic heterocycles. The van der Waals surface area contributed by atoms with E-state index in [-0.39, 0.29) is 42.1 Å². The minimum atomic E-state index is -1.61. The lowest BCUT2D eigenvalue weighted by molar-refractivity contribution is -0.136. The van der Waals surface area contributed by atoms with Crippen molar-refractivity contribution in [3.8, 4) is 0 Å². The highest BCUT2D eigenvalue weighted by molar-refractivity contribution is 7.45. The summed E-state index contributed by atoms with van der Waals surface area (Å²) in [4.78, 5) is 21.9. The van der Waals surface area contributed by atoms with Crippen molar-refractivity contribution in [3.05, 3.63) is 46.5 Å². The maximum absolute atomic E-state index is 12.2. The van der Waals surface area contributed by atoms with E-state index in [9.17, 15) is 14.8 Å². The van der Waals surface area contributed by atoms with E-state index in [0.29, 0.717) is 18.6 Å². The summed E-state index contributed by atoms with van der Waals surface area (Å²) in [6, 6.07) is 0. The quantitative estimate of drug-likeness (QED) is 0.155. The van der Waals surface area contributed by atoms with Crippen LogP contribution in [0.25, 0.3) is 0 Å². The summed E-state index contributed by atoms with van der Waals surface area (Å²) < 4.78 is 21.1. The molecule has 0 saturated carbocycles. The number of esters is 1. The van der Waals surface area contributed by atoms with Crippen molar-refractivity contribution < 1.29 is 33.5 Å². The molecular weight excluding hydrogens is 395 g/mol. The number of hydrogen-bond donors (Lipinski definition) is 2. The molecule has 0 aromatic carbocycles. The predicted molar refractivity (Wildman–Crippen MR) is 113 cm³/mol. The van der Waals surface area contributed by atoms with Gasteiger partial charge in [0, 0.05) is 5.57 Å². The van der Waals surface area contributed by atoms with Gasteiger partial charge in [0.15, 0.2) is 8.38 Å². The fourth-order valence-electron chi connectivity index (χ4n) is 2.63. The van der Waals surface area contributed by atoms with Gasteiger partial charge in [-0.25, -0.2) is 4.79 Å². The first-order chi connectivity index (χ1) is 13.6. The Kier molecular flexibility index (Phi) is 10.6. The van der Waals surface area contributed by atoms with Crippen molar-refractivity contribution in [2.24, 2.45) is 5.92 Å². The molecule has 0 aromatic rings. The Morgan fingerprint density at radius 2 is 2.00 bits per heavy atom. The fraction of sp³-hybridized carbons (Fsp3) is 0.571. The molecule has 7 nitrogen and oxygen atoms in total. The smallest absolute Gasteiger partial charge is 0.342 e.